The van der Waals surface area contributed by atoms with E-state index in [1.807, 2.05) is 158 Å². The number of ether oxygens (including phenoxy) is 2. The number of hydrogen-bond acceptors (Lipinski definition) is 11. The van der Waals surface area contributed by atoms with Crippen molar-refractivity contribution in [3.05, 3.63) is 251 Å². The average Bonchev–Trinajstić information content (AvgIpc) is 3.46. The minimum Gasteiger partial charge on any atom is -0.480 e. The maximum atomic E-state index is 13.2. The molecule has 0 bridgehead atoms. The molecule has 0 radical (unpaired) electrons. The molecule has 5 atom stereocenters. The van der Waals surface area contributed by atoms with E-state index in [-0.39, 0.29) is 49.5 Å². The number of nitrogens with two attached hydrogens (primary N) is 2. The Kier molecular flexibility index (Phi) is 28.7. The maximum absolute atomic E-state index is 13.2. The van der Waals surface area contributed by atoms with Crippen LogP contribution >= 0.6 is 12.4 Å². The van der Waals surface area contributed by atoms with Crippen LogP contribution in [0.3, 0.4) is 0 Å². The molecule has 0 saturated heterocycles. The lowest BCUT2D eigenvalue weighted by Crippen LogP contribution is -2.53. The topological polar surface area (TPSA) is 267 Å². The van der Waals surface area contributed by atoms with E-state index in [1.54, 1.807) is 54.6 Å². The van der Waals surface area contributed by atoms with Gasteiger partial charge in [-0.25, -0.2) is 9.59 Å². The van der Waals surface area contributed by atoms with E-state index in [2.05, 4.69) is 20.7 Å². The summed E-state index contributed by atoms with van der Waals surface area (Å²) in [6.45, 7) is 0. The normalized spacial score (nSPS) is 11.9. The number of carboxylic acid groups (broad SMARTS) is 2. The van der Waals surface area contributed by atoms with Crippen LogP contribution in [0.1, 0.15) is 48.5 Å². The Morgan fingerprint density at radius 1 is 0.372 bits per heavy atom. The number of halogens is 1. The van der Waals surface area contributed by atoms with Crippen LogP contribution in [0, 0.1) is 0 Å². The minimum atomic E-state index is -1.04. The summed E-state index contributed by atoms with van der Waals surface area (Å²) in [4.78, 5) is 82.9. The molecular weight excluding hydrogens is 1010 g/mol. The smallest absolute Gasteiger partial charge is 0.328 e. The standard InChI is InChI=1S/C26H26N2O4.C16H15NO3.C10H13NO2.C9H11NO2.ClH/c1-32-26(31)23(18-20-13-7-3-8-14-20)28-25(30)22(17-19-11-5-2-6-12-19)27-24(29)21-15-9-4-10-16-21;18-15(13-9-5-2-6-10-13)17-14(16(19)20)11-12-7-3-1-4-8-12;1-13-10(12)9(11)7-8-5-3-2-4-6-8;10-8(9(11)12)6-7-4-2-1-3-5-7;/h2-16,22-23H,17-18H2,1H3,(H,27,29)(H,28,30);1-10,14H,11H2,(H,17,18)(H,19,20);2-6,9H,7,11H2,1H3;1-5,8H,6,10H2,(H,11,12);1H/t22-,23+;14-;9-;8-;/m0000./s1. The third kappa shape index (κ3) is 23.7. The summed E-state index contributed by atoms with van der Waals surface area (Å²) >= 11 is 0. The van der Waals surface area contributed by atoms with Crippen LogP contribution < -0.4 is 27.4 Å². The zero-order chi connectivity index (χ0) is 55.8. The first-order valence-corrected chi connectivity index (χ1v) is 24.5. The van der Waals surface area contributed by atoms with E-state index in [1.165, 1.54) is 14.2 Å². The summed E-state index contributed by atoms with van der Waals surface area (Å²) in [6.07, 6.45) is 1.73. The van der Waals surface area contributed by atoms with Crippen molar-refractivity contribution in [3.63, 3.8) is 0 Å². The maximum Gasteiger partial charge on any atom is 0.328 e. The molecule has 17 heteroatoms. The summed E-state index contributed by atoms with van der Waals surface area (Å²) in [7, 11) is 2.62. The van der Waals surface area contributed by atoms with Gasteiger partial charge in [0.2, 0.25) is 5.91 Å². The van der Waals surface area contributed by atoms with Crippen molar-refractivity contribution in [2.24, 2.45) is 11.5 Å². The van der Waals surface area contributed by atoms with E-state index in [9.17, 15) is 38.7 Å². The van der Waals surface area contributed by atoms with Crippen molar-refractivity contribution in [3.8, 4) is 0 Å². The fourth-order valence-electron chi connectivity index (χ4n) is 7.29. The number of nitrogens with one attached hydrogen (secondary N) is 3. The number of rotatable bonds is 20. The van der Waals surface area contributed by atoms with Crippen molar-refractivity contribution in [2.75, 3.05) is 14.2 Å². The first kappa shape index (κ1) is 63.3. The van der Waals surface area contributed by atoms with Crippen molar-refractivity contribution in [1.82, 2.24) is 16.0 Å². The molecule has 7 rings (SSSR count). The van der Waals surface area contributed by atoms with Gasteiger partial charge in [0.25, 0.3) is 11.8 Å². The van der Waals surface area contributed by atoms with Crippen molar-refractivity contribution >= 4 is 54.0 Å². The lowest BCUT2D eigenvalue weighted by Gasteiger charge is -2.22. The van der Waals surface area contributed by atoms with E-state index in [0.29, 0.717) is 24.0 Å². The number of esters is 2. The van der Waals surface area contributed by atoms with Crippen molar-refractivity contribution < 1.29 is 53.2 Å². The largest absolute Gasteiger partial charge is 0.480 e. The van der Waals surface area contributed by atoms with Gasteiger partial charge in [-0.1, -0.05) is 188 Å². The molecule has 0 aliphatic carbocycles. The van der Waals surface area contributed by atoms with E-state index in [0.717, 1.165) is 27.8 Å². The number of amides is 3. The number of methoxy groups -OCH3 is 2. The Labute approximate surface area is 460 Å². The van der Waals surface area contributed by atoms with Crippen LogP contribution in [0.4, 0.5) is 0 Å². The fourth-order valence-corrected chi connectivity index (χ4v) is 7.29. The van der Waals surface area contributed by atoms with Gasteiger partial charge in [-0.15, -0.1) is 12.4 Å². The highest BCUT2D eigenvalue weighted by molar-refractivity contribution is 5.98. The molecule has 9 N–H and O–H groups in total. The highest BCUT2D eigenvalue weighted by Crippen LogP contribution is 2.11. The molecule has 0 saturated carbocycles. The number of benzene rings is 7. The number of carbonyl (C=O) groups excluding carboxylic acids is 5. The third-order valence-electron chi connectivity index (χ3n) is 11.4. The summed E-state index contributed by atoms with van der Waals surface area (Å²) in [5.74, 6) is -4.12. The Hall–Kier alpha value is -8.96. The monoisotopic (exact) mass is 1080 g/mol. The van der Waals surface area contributed by atoms with Crippen LogP contribution in [0.15, 0.2) is 212 Å². The molecule has 7 aromatic carbocycles. The SMILES string of the molecule is COC(=O)[C@@H](Cc1ccccc1)NC(=O)[C@H](Cc1ccccc1)NC(=O)c1ccccc1.COC(=O)[C@@H](N)Cc1ccccc1.Cl.N[C@@H](Cc1ccccc1)C(=O)O.O=C(N[C@@H](Cc1ccccc1)C(=O)O)c1ccccc1. The van der Waals surface area contributed by atoms with Gasteiger partial charge >= 0.3 is 23.9 Å². The molecule has 0 unspecified atom stereocenters. The van der Waals surface area contributed by atoms with Crippen LogP contribution in [0.25, 0.3) is 0 Å². The Bertz CT molecular complexity index is 2880. The molecule has 78 heavy (non-hydrogen) atoms. The second kappa shape index (κ2) is 35.3. The Morgan fingerprint density at radius 3 is 0.974 bits per heavy atom. The second-order valence-corrected chi connectivity index (χ2v) is 17.2. The number of aliphatic carboxylic acids is 2. The molecule has 7 aromatic rings. The zero-order valence-electron chi connectivity index (χ0n) is 43.3. The molecule has 3 amide bonds. The van der Waals surface area contributed by atoms with Crippen molar-refractivity contribution in [1.29, 1.82) is 0 Å². The van der Waals surface area contributed by atoms with Crippen LogP contribution in [0.2, 0.25) is 0 Å². The first-order chi connectivity index (χ1) is 37.2. The average molecular weight is 1080 g/mol. The second-order valence-electron chi connectivity index (χ2n) is 17.2. The molecule has 0 aromatic heterocycles. The van der Waals surface area contributed by atoms with Gasteiger partial charge in [0.1, 0.15) is 30.2 Å². The molecule has 408 valence electrons. The summed E-state index contributed by atoms with van der Waals surface area (Å²) < 4.78 is 9.41. The predicted molar refractivity (Wildman–Crippen MR) is 301 cm³/mol. The summed E-state index contributed by atoms with van der Waals surface area (Å²) in [6, 6.07) is 60.2. The third-order valence-corrected chi connectivity index (χ3v) is 11.4. The summed E-state index contributed by atoms with van der Waals surface area (Å²) in [5, 5.41) is 25.8. The van der Waals surface area contributed by atoms with Gasteiger partial charge in [-0.2, -0.15) is 0 Å². The summed E-state index contributed by atoms with van der Waals surface area (Å²) in [5.41, 5.74) is 16.5. The highest BCUT2D eigenvalue weighted by Gasteiger charge is 2.28. The van der Waals surface area contributed by atoms with Crippen LogP contribution in [-0.2, 0) is 65.6 Å². The minimum absolute atomic E-state index is 0. The van der Waals surface area contributed by atoms with E-state index >= 15 is 0 Å². The molecule has 0 heterocycles. The number of carbonyl (C=O) groups is 7. The number of hydrogen-bond donors (Lipinski definition) is 7. The number of carboxylic acids is 2. The van der Waals surface area contributed by atoms with Crippen LogP contribution in [0.5, 0.6) is 0 Å². The van der Waals surface area contributed by atoms with Gasteiger partial charge in [0, 0.05) is 30.4 Å². The molecule has 0 aliphatic heterocycles. The molecular formula is C61H66ClN5O11. The molecule has 16 nitrogen and oxygen atoms in total. The Morgan fingerprint density at radius 2 is 0.654 bits per heavy atom. The van der Waals surface area contributed by atoms with Gasteiger partial charge < -0.3 is 47.1 Å². The highest BCUT2D eigenvalue weighted by atomic mass is 35.5. The fraction of sp³-hybridized carbons (Fsp3) is 0.197. The molecule has 0 spiro atoms. The van der Waals surface area contributed by atoms with Gasteiger partial charge in [0.15, 0.2) is 0 Å². The van der Waals surface area contributed by atoms with Gasteiger partial charge in [0.05, 0.1) is 14.2 Å². The lowest BCUT2D eigenvalue weighted by atomic mass is 10.0. The quantitative estimate of drug-likeness (QED) is 0.0386. The predicted octanol–water partition coefficient (Wildman–Crippen LogP) is 6.83. The van der Waals surface area contributed by atoms with Crippen molar-refractivity contribution in [2.45, 2.75) is 62.3 Å². The lowest BCUT2D eigenvalue weighted by molar-refractivity contribution is -0.145. The Balaban J connectivity index is 0.000000297. The molecule has 0 aliphatic rings. The van der Waals surface area contributed by atoms with E-state index in [4.69, 9.17) is 21.3 Å². The zero-order valence-corrected chi connectivity index (χ0v) is 44.1. The van der Waals surface area contributed by atoms with Gasteiger partial charge in [-0.3, -0.25) is 24.0 Å². The van der Waals surface area contributed by atoms with Gasteiger partial charge in [-0.05, 0) is 64.9 Å². The molecule has 0 fully saturated rings. The first-order valence-electron chi connectivity index (χ1n) is 24.5. The van der Waals surface area contributed by atoms with E-state index < -0.39 is 54.0 Å². The van der Waals surface area contributed by atoms with Crippen LogP contribution in [-0.4, -0.2) is 96.2 Å².